The quantitative estimate of drug-likeness (QED) is 0.777. The van der Waals surface area contributed by atoms with Crippen LogP contribution >= 0.6 is 0 Å². The van der Waals surface area contributed by atoms with Crippen molar-refractivity contribution in [3.8, 4) is 23.0 Å². The molecule has 2 heterocycles. The molecule has 0 spiro atoms. The Balaban J connectivity index is 1.78. The minimum Gasteiger partial charge on any atom is -0.457 e. The van der Waals surface area contributed by atoms with Crippen LogP contribution in [0.2, 0.25) is 0 Å². The summed E-state index contributed by atoms with van der Waals surface area (Å²) in [7, 11) is 0. The summed E-state index contributed by atoms with van der Waals surface area (Å²) in [4.78, 5) is 16.0. The Hall–Kier alpha value is -2.95. The molecule has 0 radical (unpaired) electrons. The molecule has 0 fully saturated rings. The topological polar surface area (TPSA) is 60.6 Å². The molecule has 3 aromatic rings. The normalized spacial score (nSPS) is 12.6. The summed E-state index contributed by atoms with van der Waals surface area (Å²) in [5.41, 5.74) is 3.56. The molecule has 1 aliphatic heterocycles. The lowest BCUT2D eigenvalue weighted by molar-refractivity contribution is 0.174. The first kappa shape index (κ1) is 15.6. The van der Waals surface area contributed by atoms with E-state index in [0.717, 1.165) is 28.8 Å². The average molecular weight is 337 g/mol. The first-order valence-electron chi connectivity index (χ1n) is 8.30. The molecule has 0 bridgehead atoms. The van der Waals surface area contributed by atoms with Crippen molar-refractivity contribution in [2.45, 2.75) is 27.2 Å². The zero-order valence-corrected chi connectivity index (χ0v) is 14.4. The Morgan fingerprint density at radius 2 is 1.92 bits per heavy atom. The number of pyridine rings is 1. The van der Waals surface area contributed by atoms with Gasteiger partial charge in [0.05, 0.1) is 5.52 Å². The van der Waals surface area contributed by atoms with E-state index in [0.29, 0.717) is 28.4 Å². The van der Waals surface area contributed by atoms with Gasteiger partial charge in [-0.3, -0.25) is 4.79 Å². The van der Waals surface area contributed by atoms with Gasteiger partial charge in [0.2, 0.25) is 6.79 Å². The first-order chi connectivity index (χ1) is 12.1. The van der Waals surface area contributed by atoms with Crippen LogP contribution in [0.4, 0.5) is 0 Å². The summed E-state index contributed by atoms with van der Waals surface area (Å²) < 4.78 is 16.7. The van der Waals surface area contributed by atoms with Crippen molar-refractivity contribution in [1.82, 2.24) is 4.98 Å². The average Bonchev–Trinajstić information content (AvgIpc) is 3.07. The third kappa shape index (κ3) is 2.61. The molecule has 5 heteroatoms. The molecule has 0 saturated carbocycles. The number of aryl methyl sites for hydroxylation is 2. The van der Waals surface area contributed by atoms with Crippen LogP contribution in [0.5, 0.6) is 23.0 Å². The maximum atomic E-state index is 12.7. The van der Waals surface area contributed by atoms with E-state index in [1.54, 1.807) is 12.1 Å². The van der Waals surface area contributed by atoms with Crippen molar-refractivity contribution < 1.29 is 14.2 Å². The standard InChI is InChI=1S/C20H19NO4/c1-4-15-12(3)20(22)14-9-18(11(2)7-16(14)21-15)25-13-5-6-17-19(8-13)24-10-23-17/h5-9H,4,10H2,1-3H3,(H,21,22). The second kappa shape index (κ2) is 5.84. The number of nitrogens with one attached hydrogen (secondary N) is 1. The predicted octanol–water partition coefficient (Wildman–Crippen LogP) is 4.23. The van der Waals surface area contributed by atoms with E-state index in [-0.39, 0.29) is 12.2 Å². The van der Waals surface area contributed by atoms with Crippen LogP contribution in [-0.2, 0) is 6.42 Å². The van der Waals surface area contributed by atoms with Gasteiger partial charge in [-0.2, -0.15) is 0 Å². The zero-order chi connectivity index (χ0) is 17.6. The largest absolute Gasteiger partial charge is 0.457 e. The van der Waals surface area contributed by atoms with E-state index < -0.39 is 0 Å². The van der Waals surface area contributed by atoms with Gasteiger partial charge < -0.3 is 19.2 Å². The van der Waals surface area contributed by atoms with E-state index in [9.17, 15) is 4.79 Å². The van der Waals surface area contributed by atoms with Crippen molar-refractivity contribution in [3.63, 3.8) is 0 Å². The van der Waals surface area contributed by atoms with Crippen molar-refractivity contribution >= 4 is 10.9 Å². The number of hydrogen-bond donors (Lipinski definition) is 1. The van der Waals surface area contributed by atoms with Crippen LogP contribution in [0.1, 0.15) is 23.7 Å². The number of aromatic nitrogens is 1. The van der Waals surface area contributed by atoms with Gasteiger partial charge in [0.15, 0.2) is 16.9 Å². The van der Waals surface area contributed by atoms with Gasteiger partial charge in [0, 0.05) is 22.7 Å². The number of hydrogen-bond acceptors (Lipinski definition) is 4. The summed E-state index contributed by atoms with van der Waals surface area (Å²) in [6, 6.07) is 9.20. The molecule has 2 aromatic carbocycles. The molecule has 4 rings (SSSR count). The van der Waals surface area contributed by atoms with Crippen molar-refractivity contribution in [2.24, 2.45) is 0 Å². The van der Waals surface area contributed by atoms with E-state index in [4.69, 9.17) is 14.2 Å². The maximum absolute atomic E-state index is 12.7. The highest BCUT2D eigenvalue weighted by Gasteiger charge is 2.15. The fourth-order valence-corrected chi connectivity index (χ4v) is 3.11. The summed E-state index contributed by atoms with van der Waals surface area (Å²) in [6.07, 6.45) is 0.797. The van der Waals surface area contributed by atoms with Gasteiger partial charge in [0.1, 0.15) is 11.5 Å². The molecule has 1 aromatic heterocycles. The molecule has 0 atom stereocenters. The van der Waals surface area contributed by atoms with Crippen LogP contribution < -0.4 is 19.6 Å². The highest BCUT2D eigenvalue weighted by molar-refractivity contribution is 5.82. The molecule has 128 valence electrons. The van der Waals surface area contributed by atoms with E-state index in [1.807, 2.05) is 39.0 Å². The second-order valence-corrected chi connectivity index (χ2v) is 6.19. The Kier molecular flexibility index (Phi) is 3.64. The van der Waals surface area contributed by atoms with Gasteiger partial charge in [-0.05, 0) is 50.1 Å². The van der Waals surface area contributed by atoms with Crippen LogP contribution in [0.3, 0.4) is 0 Å². The fourth-order valence-electron chi connectivity index (χ4n) is 3.11. The molecule has 0 aliphatic carbocycles. The van der Waals surface area contributed by atoms with Crippen LogP contribution in [0.25, 0.3) is 10.9 Å². The molecule has 0 saturated heterocycles. The Morgan fingerprint density at radius 1 is 1.12 bits per heavy atom. The zero-order valence-electron chi connectivity index (χ0n) is 14.4. The van der Waals surface area contributed by atoms with Crippen LogP contribution in [0, 0.1) is 13.8 Å². The molecule has 1 N–H and O–H groups in total. The number of H-pyrrole nitrogens is 1. The molecular weight excluding hydrogens is 318 g/mol. The lowest BCUT2D eigenvalue weighted by Crippen LogP contribution is -2.11. The third-order valence-corrected chi connectivity index (χ3v) is 4.56. The van der Waals surface area contributed by atoms with Gasteiger partial charge in [-0.25, -0.2) is 0 Å². The summed E-state index contributed by atoms with van der Waals surface area (Å²) in [5.74, 6) is 2.67. The molecule has 1 aliphatic rings. The van der Waals surface area contributed by atoms with Crippen molar-refractivity contribution in [2.75, 3.05) is 6.79 Å². The highest BCUT2D eigenvalue weighted by atomic mass is 16.7. The minimum atomic E-state index is 0.0427. The van der Waals surface area contributed by atoms with Crippen molar-refractivity contribution in [1.29, 1.82) is 0 Å². The minimum absolute atomic E-state index is 0.0427. The van der Waals surface area contributed by atoms with E-state index >= 15 is 0 Å². The lowest BCUT2D eigenvalue weighted by atomic mass is 10.1. The molecule has 5 nitrogen and oxygen atoms in total. The van der Waals surface area contributed by atoms with Gasteiger partial charge in [-0.15, -0.1) is 0 Å². The van der Waals surface area contributed by atoms with Gasteiger partial charge in [-0.1, -0.05) is 6.92 Å². The Labute approximate surface area is 145 Å². The highest BCUT2D eigenvalue weighted by Crippen LogP contribution is 2.37. The first-order valence-corrected chi connectivity index (χ1v) is 8.30. The third-order valence-electron chi connectivity index (χ3n) is 4.56. The Morgan fingerprint density at radius 3 is 2.72 bits per heavy atom. The monoisotopic (exact) mass is 337 g/mol. The summed E-state index contributed by atoms with van der Waals surface area (Å²) in [6.45, 7) is 6.08. The summed E-state index contributed by atoms with van der Waals surface area (Å²) in [5, 5.41) is 0.635. The number of aromatic amines is 1. The SMILES string of the molecule is CCc1[nH]c2cc(C)c(Oc3ccc4c(c3)OCO4)cc2c(=O)c1C. The van der Waals surface area contributed by atoms with Crippen LogP contribution in [-0.4, -0.2) is 11.8 Å². The van der Waals surface area contributed by atoms with E-state index in [1.165, 1.54) is 0 Å². The van der Waals surface area contributed by atoms with E-state index in [2.05, 4.69) is 4.98 Å². The molecule has 0 amide bonds. The molecular formula is C20H19NO4. The fraction of sp³-hybridized carbons (Fsp3) is 0.250. The van der Waals surface area contributed by atoms with Gasteiger partial charge in [0.25, 0.3) is 0 Å². The predicted molar refractivity (Wildman–Crippen MR) is 96.1 cm³/mol. The van der Waals surface area contributed by atoms with Crippen LogP contribution in [0.15, 0.2) is 35.1 Å². The Bertz CT molecular complexity index is 1040. The van der Waals surface area contributed by atoms with Crippen molar-refractivity contribution in [3.05, 3.63) is 57.4 Å². The lowest BCUT2D eigenvalue weighted by Gasteiger charge is -2.12. The number of benzene rings is 2. The molecule has 25 heavy (non-hydrogen) atoms. The second-order valence-electron chi connectivity index (χ2n) is 6.19. The number of ether oxygens (including phenoxy) is 3. The summed E-state index contributed by atoms with van der Waals surface area (Å²) >= 11 is 0. The number of fused-ring (bicyclic) bond motifs is 2. The molecule has 0 unspecified atom stereocenters. The smallest absolute Gasteiger partial charge is 0.231 e. The maximum Gasteiger partial charge on any atom is 0.231 e. The number of rotatable bonds is 3. The van der Waals surface area contributed by atoms with Gasteiger partial charge >= 0.3 is 0 Å².